The van der Waals surface area contributed by atoms with Gasteiger partial charge in [0.25, 0.3) is 0 Å². The molecule has 0 aliphatic carbocycles. The molecule has 0 unspecified atom stereocenters. The fraction of sp³-hybridized carbons (Fsp3) is 0.667. The molecule has 0 saturated heterocycles. The average Bonchev–Trinajstić information content (AvgIpc) is 3.50. The van der Waals surface area contributed by atoms with Crippen molar-refractivity contribution in [3.63, 3.8) is 0 Å². The van der Waals surface area contributed by atoms with Crippen LogP contribution in [0.4, 0.5) is 0 Å². The summed E-state index contributed by atoms with van der Waals surface area (Å²) in [5.74, 6) is 7.27. The second-order valence-electron chi connectivity index (χ2n) is 16.2. The molecule has 2 nitrogen and oxygen atoms in total. The summed E-state index contributed by atoms with van der Waals surface area (Å²) in [4.78, 5) is 0. The van der Waals surface area contributed by atoms with Crippen LogP contribution in [0.3, 0.4) is 0 Å². The van der Waals surface area contributed by atoms with Crippen molar-refractivity contribution < 1.29 is 19.1 Å². The van der Waals surface area contributed by atoms with Gasteiger partial charge < -0.3 is 5.53 Å². The van der Waals surface area contributed by atoms with E-state index >= 15 is 0 Å². The minimum atomic E-state index is 0.869. The maximum absolute atomic E-state index is 12.1. The minimum absolute atomic E-state index is 0.869. The van der Waals surface area contributed by atoms with Crippen LogP contribution in [0.5, 0.6) is 0 Å². The Balaban J connectivity index is 0.00000210. The number of hydrogen-bond donors (Lipinski definition) is 0. The van der Waals surface area contributed by atoms with Crippen LogP contribution in [0.25, 0.3) is 16.9 Å². The Bertz CT molecular complexity index is 1470. The Morgan fingerprint density at radius 3 is 1.33 bits per heavy atom. The van der Waals surface area contributed by atoms with Gasteiger partial charge in [-0.1, -0.05) is 192 Å². The van der Waals surface area contributed by atoms with Crippen LogP contribution in [0.2, 0.25) is 10.8 Å². The molecule has 0 atom stereocenters. The van der Waals surface area contributed by atoms with E-state index in [1.54, 1.807) is 0 Å². The number of allylic oxidation sites excluding steroid dienone is 2. The van der Waals surface area contributed by atoms with Crippen molar-refractivity contribution in [3.8, 4) is 11.8 Å². The van der Waals surface area contributed by atoms with Crippen LogP contribution in [-0.2, 0) is 27.3 Å². The standard InChI is InChI=1S/C50H76N2.2C2H5.Ni/c1-5-9-13-14-15-16-17-18-19-20-21-22-23-24-25-26-27-28-30-40-48-47(39-29-10-6-2)49(45-37-31-35-43(41-45)33-11-7-3)52(51)50(48)46-38-32-36-44(42-46)34-12-8-4;2*1-2;/h31-32,35-38,41-42H,5-29,33-34,39H2,1-4H3;2*1H2,2H3;. The molecule has 3 rings (SSSR count). The summed E-state index contributed by atoms with van der Waals surface area (Å²) in [7, 11) is 0. The third-order valence-electron chi connectivity index (χ3n) is 11.3. The van der Waals surface area contributed by atoms with Crippen molar-refractivity contribution >= 4 is 11.4 Å². The van der Waals surface area contributed by atoms with Gasteiger partial charge in [0.1, 0.15) is 5.57 Å². The molecule has 1 aliphatic heterocycles. The Morgan fingerprint density at radius 2 is 0.895 bits per heavy atom. The third-order valence-corrected chi connectivity index (χ3v) is 12.2. The molecular formula is C54H86N2Ni. The molecule has 0 aromatic heterocycles. The molecule has 0 saturated carbocycles. The van der Waals surface area contributed by atoms with Crippen molar-refractivity contribution in [2.45, 2.75) is 232 Å². The van der Waals surface area contributed by atoms with E-state index in [2.05, 4.69) is 102 Å². The van der Waals surface area contributed by atoms with E-state index in [1.807, 2.05) is 14.4 Å². The average molecular weight is 822 g/mol. The molecule has 1 heterocycles. The van der Waals surface area contributed by atoms with Crippen LogP contribution < -0.4 is 0 Å². The first-order valence-electron chi connectivity index (χ1n) is 24.1. The number of unbranched alkanes of at least 4 members (excludes halogenated alkanes) is 21. The van der Waals surface area contributed by atoms with Crippen molar-refractivity contribution in [3.05, 3.63) is 87.5 Å². The predicted molar refractivity (Wildman–Crippen MR) is 249 cm³/mol. The number of rotatable bonds is 31. The van der Waals surface area contributed by atoms with Gasteiger partial charge in [0.05, 0.1) is 0 Å². The van der Waals surface area contributed by atoms with E-state index in [-0.39, 0.29) is 0 Å². The first-order valence-corrected chi connectivity index (χ1v) is 25.5. The number of benzene rings is 2. The molecule has 0 N–H and O–H groups in total. The van der Waals surface area contributed by atoms with Crippen LogP contribution in [0.15, 0.2) is 59.7 Å². The molecule has 322 valence electrons. The molecule has 3 heteroatoms. The number of nitrogens with zero attached hydrogens (tertiary/aromatic N) is 2. The Morgan fingerprint density at radius 1 is 0.474 bits per heavy atom. The normalized spacial score (nSPS) is 12.6. The molecular weight excluding hydrogens is 735 g/mol. The quantitative estimate of drug-likeness (QED) is 0.0313. The Labute approximate surface area is 360 Å². The Kier molecular flexibility index (Phi) is 30.6. The second kappa shape index (κ2) is 34.4. The Hall–Kier alpha value is -2.43. The van der Waals surface area contributed by atoms with Crippen molar-refractivity contribution in [1.29, 1.82) is 0 Å². The molecule has 2 aromatic carbocycles. The van der Waals surface area contributed by atoms with Gasteiger partial charge in [0, 0.05) is 23.1 Å². The third kappa shape index (κ3) is 21.4. The van der Waals surface area contributed by atoms with Gasteiger partial charge in [0.2, 0.25) is 11.4 Å². The van der Waals surface area contributed by atoms with Gasteiger partial charge in [-0.25, -0.2) is 4.70 Å². The van der Waals surface area contributed by atoms with Gasteiger partial charge in [-0.05, 0) is 80.3 Å². The van der Waals surface area contributed by atoms with Gasteiger partial charge in [-0.3, -0.25) is 0 Å². The summed E-state index contributed by atoms with van der Waals surface area (Å²) in [6.45, 7) is 13.4. The van der Waals surface area contributed by atoms with E-state index in [1.165, 1.54) is 173 Å². The SMILES string of the molecule is CCCCCCCCCCCCCCCCCCCC#CC1=C(c2cccc(CCCC)c2)[N+](=[N-])C(c2cccc(CCCC)c2)=C1CCCCC.C[CH2][Ni][CH2]C. The van der Waals surface area contributed by atoms with Crippen molar-refractivity contribution in [2.24, 2.45) is 0 Å². The summed E-state index contributed by atoms with van der Waals surface area (Å²) in [5.41, 5.74) is 21.0. The molecule has 0 bridgehead atoms. The molecule has 0 spiro atoms. The topological polar surface area (TPSA) is 25.3 Å². The summed E-state index contributed by atoms with van der Waals surface area (Å²) in [6, 6.07) is 17.7. The van der Waals surface area contributed by atoms with Crippen molar-refractivity contribution in [1.82, 2.24) is 0 Å². The van der Waals surface area contributed by atoms with E-state index in [0.29, 0.717) is 0 Å². The first-order chi connectivity index (χ1) is 28.1. The van der Waals surface area contributed by atoms with E-state index in [9.17, 15) is 5.53 Å². The molecule has 2 aromatic rings. The van der Waals surface area contributed by atoms with Crippen LogP contribution in [0, 0.1) is 11.8 Å². The first kappa shape index (κ1) is 50.7. The van der Waals surface area contributed by atoms with Crippen LogP contribution in [0.1, 0.15) is 231 Å². The summed E-state index contributed by atoms with van der Waals surface area (Å²) >= 11 is 1.82. The zero-order chi connectivity index (χ0) is 41.2. The molecule has 0 amide bonds. The fourth-order valence-electron chi connectivity index (χ4n) is 7.86. The second-order valence-corrected chi connectivity index (χ2v) is 18.1. The molecule has 57 heavy (non-hydrogen) atoms. The van der Waals surface area contributed by atoms with Crippen LogP contribution in [-0.4, -0.2) is 4.70 Å². The summed E-state index contributed by atoms with van der Waals surface area (Å²) < 4.78 is 1.50. The number of aryl methyl sites for hydroxylation is 2. The zero-order valence-electron chi connectivity index (χ0n) is 38.0. The zero-order valence-corrected chi connectivity index (χ0v) is 39.0. The fourth-order valence-corrected chi connectivity index (χ4v) is 8.35. The predicted octanol–water partition coefficient (Wildman–Crippen LogP) is 18.1. The van der Waals surface area contributed by atoms with Gasteiger partial charge in [-0.15, -0.1) is 0 Å². The summed E-state index contributed by atoms with van der Waals surface area (Å²) in [5, 5.41) is 2.56. The van der Waals surface area contributed by atoms with Crippen molar-refractivity contribution in [2.75, 3.05) is 0 Å². The molecule has 1 aliphatic rings. The van der Waals surface area contributed by atoms with E-state index in [0.717, 1.165) is 66.6 Å². The van der Waals surface area contributed by atoms with E-state index in [4.69, 9.17) is 0 Å². The van der Waals surface area contributed by atoms with Gasteiger partial charge in [-0.2, -0.15) is 0 Å². The van der Waals surface area contributed by atoms with Gasteiger partial charge in [0.15, 0.2) is 0 Å². The molecule has 0 fully saturated rings. The van der Waals surface area contributed by atoms with Crippen LogP contribution >= 0.6 is 0 Å². The molecule has 0 radical (unpaired) electrons. The van der Waals surface area contributed by atoms with Gasteiger partial charge >= 0.3 is 39.1 Å². The maximum atomic E-state index is 12.1. The summed E-state index contributed by atoms with van der Waals surface area (Å²) in [6.07, 6.45) is 35.8. The monoisotopic (exact) mass is 821 g/mol. The number of hydrogen-bond acceptors (Lipinski definition) is 0. The van der Waals surface area contributed by atoms with E-state index < -0.39 is 0 Å².